The van der Waals surface area contributed by atoms with Gasteiger partial charge in [0.15, 0.2) is 5.96 Å². The van der Waals surface area contributed by atoms with Crippen LogP contribution in [0, 0.1) is 5.41 Å². The van der Waals surface area contributed by atoms with E-state index in [1.165, 1.54) is 30.6 Å². The molecule has 0 atom stereocenters. The van der Waals surface area contributed by atoms with Crippen LogP contribution < -0.4 is 10.6 Å². The van der Waals surface area contributed by atoms with Gasteiger partial charge in [0.05, 0.1) is 6.54 Å². The maximum Gasteiger partial charge on any atom is 0.243 e. The normalized spacial score (nSPS) is 15.9. The molecule has 1 aliphatic carbocycles. The van der Waals surface area contributed by atoms with E-state index in [0.29, 0.717) is 5.41 Å². The second-order valence-corrected chi connectivity index (χ2v) is 7.48. The van der Waals surface area contributed by atoms with E-state index in [4.69, 9.17) is 0 Å². The Labute approximate surface area is 166 Å². The molecule has 1 aromatic heterocycles. The summed E-state index contributed by atoms with van der Waals surface area (Å²) < 4.78 is 0. The Hall–Kier alpha value is -0.830. The summed E-state index contributed by atoms with van der Waals surface area (Å²) in [7, 11) is 3.51. The molecule has 0 saturated heterocycles. The maximum absolute atomic E-state index is 11.8. The first-order valence-electron chi connectivity index (χ1n) is 8.29. The number of amides is 1. The van der Waals surface area contributed by atoms with E-state index in [9.17, 15) is 4.79 Å². The second-order valence-electron chi connectivity index (χ2n) is 6.45. The molecule has 1 saturated carbocycles. The van der Waals surface area contributed by atoms with Gasteiger partial charge in [0.1, 0.15) is 6.54 Å². The Bertz CT molecular complexity index is 521. The second kappa shape index (κ2) is 10.2. The van der Waals surface area contributed by atoms with Crippen LogP contribution in [0.3, 0.4) is 0 Å². The zero-order chi connectivity index (χ0) is 16.7. The van der Waals surface area contributed by atoms with Gasteiger partial charge in [-0.15, -0.1) is 35.3 Å². The number of thiophene rings is 1. The number of rotatable bonds is 7. The fourth-order valence-corrected chi connectivity index (χ4v) is 3.29. The van der Waals surface area contributed by atoms with E-state index in [0.717, 1.165) is 19.0 Å². The molecule has 1 aliphatic rings. The number of hydrogen-bond donors (Lipinski definition) is 2. The third kappa shape index (κ3) is 6.23. The van der Waals surface area contributed by atoms with E-state index in [1.807, 2.05) is 6.07 Å². The van der Waals surface area contributed by atoms with Crippen LogP contribution in [0.5, 0.6) is 0 Å². The van der Waals surface area contributed by atoms with Gasteiger partial charge in [-0.25, -0.2) is 4.99 Å². The summed E-state index contributed by atoms with van der Waals surface area (Å²) >= 11 is 1.72. The van der Waals surface area contributed by atoms with Crippen LogP contribution >= 0.6 is 35.3 Å². The van der Waals surface area contributed by atoms with Crippen LogP contribution in [-0.2, 0) is 11.3 Å². The molecule has 0 spiro atoms. The molecule has 2 N–H and O–H groups in total. The molecule has 2 rings (SSSR count). The van der Waals surface area contributed by atoms with Gasteiger partial charge in [-0.05, 0) is 36.1 Å². The van der Waals surface area contributed by atoms with E-state index in [1.54, 1.807) is 30.3 Å². The van der Waals surface area contributed by atoms with Gasteiger partial charge >= 0.3 is 0 Å². The Kier molecular flexibility index (Phi) is 9.04. The van der Waals surface area contributed by atoms with E-state index in [-0.39, 0.29) is 36.4 Å². The lowest BCUT2D eigenvalue weighted by Crippen LogP contribution is -2.46. The van der Waals surface area contributed by atoms with Gasteiger partial charge in [0.2, 0.25) is 5.91 Å². The average Bonchev–Trinajstić information content (AvgIpc) is 3.01. The molecule has 1 aromatic rings. The van der Waals surface area contributed by atoms with Crippen LogP contribution in [0.2, 0.25) is 0 Å². The van der Waals surface area contributed by atoms with Crippen molar-refractivity contribution in [1.82, 2.24) is 15.5 Å². The lowest BCUT2D eigenvalue weighted by atomic mass is 9.67. The first-order valence-corrected chi connectivity index (χ1v) is 9.17. The van der Waals surface area contributed by atoms with Crippen molar-refractivity contribution < 1.29 is 4.79 Å². The number of aliphatic imine (C=N–C) groups is 1. The first kappa shape index (κ1) is 21.2. The van der Waals surface area contributed by atoms with Gasteiger partial charge < -0.3 is 15.5 Å². The Morgan fingerprint density at radius 1 is 1.38 bits per heavy atom. The minimum absolute atomic E-state index is 0. The van der Waals surface area contributed by atoms with Crippen molar-refractivity contribution in [3.05, 3.63) is 22.4 Å². The number of carbonyl (C=O) groups excluding carboxylic acids is 1. The Balaban J connectivity index is 0.00000288. The highest BCUT2D eigenvalue weighted by Crippen LogP contribution is 2.42. The molecular weight excluding hydrogens is 435 g/mol. The highest BCUT2D eigenvalue weighted by molar-refractivity contribution is 14.0. The zero-order valence-electron chi connectivity index (χ0n) is 14.8. The Morgan fingerprint density at radius 2 is 2.12 bits per heavy atom. The molecule has 1 amide bonds. The summed E-state index contributed by atoms with van der Waals surface area (Å²) in [5.41, 5.74) is 0.414. The fraction of sp³-hybridized carbons (Fsp3) is 0.647. The molecule has 24 heavy (non-hydrogen) atoms. The molecule has 1 heterocycles. The largest absolute Gasteiger partial charge is 0.356 e. The SMILES string of the molecule is CCC1(CNC(=NCC(=O)N(C)C)NCc2cccs2)CCC1.I. The molecule has 0 bridgehead atoms. The van der Waals surface area contributed by atoms with Crippen molar-refractivity contribution in [3.63, 3.8) is 0 Å². The molecule has 1 fully saturated rings. The van der Waals surface area contributed by atoms with Crippen LogP contribution in [0.15, 0.2) is 22.5 Å². The van der Waals surface area contributed by atoms with Crippen molar-refractivity contribution in [2.75, 3.05) is 27.2 Å². The number of carbonyl (C=O) groups is 1. The first-order chi connectivity index (χ1) is 11.0. The molecule has 136 valence electrons. The van der Waals surface area contributed by atoms with Gasteiger partial charge in [0, 0.05) is 25.5 Å². The Morgan fingerprint density at radius 3 is 2.62 bits per heavy atom. The van der Waals surface area contributed by atoms with Crippen molar-refractivity contribution >= 4 is 47.2 Å². The highest BCUT2D eigenvalue weighted by atomic mass is 127. The van der Waals surface area contributed by atoms with Crippen molar-refractivity contribution in [2.45, 2.75) is 39.2 Å². The number of guanidine groups is 1. The zero-order valence-corrected chi connectivity index (χ0v) is 17.9. The molecular formula is C17H29IN4OS. The van der Waals surface area contributed by atoms with E-state index in [2.05, 4.69) is 34.0 Å². The van der Waals surface area contributed by atoms with Gasteiger partial charge in [-0.1, -0.05) is 19.4 Å². The lowest BCUT2D eigenvalue weighted by molar-refractivity contribution is -0.127. The van der Waals surface area contributed by atoms with Gasteiger partial charge in [0.25, 0.3) is 0 Å². The van der Waals surface area contributed by atoms with Crippen LogP contribution in [0.4, 0.5) is 0 Å². The van der Waals surface area contributed by atoms with E-state index >= 15 is 0 Å². The van der Waals surface area contributed by atoms with E-state index < -0.39 is 0 Å². The summed E-state index contributed by atoms with van der Waals surface area (Å²) in [6, 6.07) is 4.14. The third-order valence-electron chi connectivity index (χ3n) is 4.68. The van der Waals surface area contributed by atoms with Crippen LogP contribution in [0.1, 0.15) is 37.5 Å². The summed E-state index contributed by atoms with van der Waals surface area (Å²) in [5, 5.41) is 8.85. The summed E-state index contributed by atoms with van der Waals surface area (Å²) in [4.78, 5) is 19.0. The monoisotopic (exact) mass is 464 g/mol. The predicted octanol–water partition coefficient (Wildman–Crippen LogP) is 3.07. The van der Waals surface area contributed by atoms with Crippen molar-refractivity contribution in [3.8, 4) is 0 Å². The standard InChI is InChI=1S/C17H28N4OS.HI/c1-4-17(8-6-9-17)13-20-16(19-12-15(22)21(2)3)18-11-14-7-5-10-23-14;/h5,7,10H,4,6,8-9,11-13H2,1-3H3,(H2,18,19,20);1H. The minimum Gasteiger partial charge on any atom is -0.356 e. The third-order valence-corrected chi connectivity index (χ3v) is 5.55. The fourth-order valence-electron chi connectivity index (χ4n) is 2.65. The average molecular weight is 464 g/mol. The number of nitrogens with one attached hydrogen (secondary N) is 2. The van der Waals surface area contributed by atoms with Gasteiger partial charge in [-0.3, -0.25) is 4.79 Å². The molecule has 0 aromatic carbocycles. The number of halogens is 1. The topological polar surface area (TPSA) is 56.7 Å². The number of hydrogen-bond acceptors (Lipinski definition) is 3. The molecule has 0 unspecified atom stereocenters. The van der Waals surface area contributed by atoms with Crippen molar-refractivity contribution in [1.29, 1.82) is 0 Å². The molecule has 5 nitrogen and oxygen atoms in total. The summed E-state index contributed by atoms with van der Waals surface area (Å²) in [6.07, 6.45) is 5.08. The lowest BCUT2D eigenvalue weighted by Gasteiger charge is -2.41. The maximum atomic E-state index is 11.8. The summed E-state index contributed by atoms with van der Waals surface area (Å²) in [5.74, 6) is 0.740. The minimum atomic E-state index is 0. The quantitative estimate of drug-likeness (QED) is 0.371. The summed E-state index contributed by atoms with van der Waals surface area (Å²) in [6.45, 7) is 4.09. The highest BCUT2D eigenvalue weighted by Gasteiger charge is 2.34. The smallest absolute Gasteiger partial charge is 0.243 e. The van der Waals surface area contributed by atoms with Crippen LogP contribution in [0.25, 0.3) is 0 Å². The predicted molar refractivity (Wildman–Crippen MR) is 112 cm³/mol. The molecule has 7 heteroatoms. The van der Waals surface area contributed by atoms with Crippen LogP contribution in [-0.4, -0.2) is 44.0 Å². The molecule has 0 aliphatic heterocycles. The number of nitrogens with zero attached hydrogens (tertiary/aromatic N) is 2. The molecule has 0 radical (unpaired) electrons. The van der Waals surface area contributed by atoms with Crippen molar-refractivity contribution in [2.24, 2.45) is 10.4 Å². The number of likely N-dealkylation sites (N-methyl/N-ethyl adjacent to an activating group) is 1. The van der Waals surface area contributed by atoms with Gasteiger partial charge in [-0.2, -0.15) is 0 Å².